The number of ketones is 1. The molecule has 1 aromatic heterocycles. The SMILES string of the molecule is COc1ccc(/C=C2/C[C@H](C(C)(C)C)Cc3c2nc2ccccc2c3C(=O)OCC(=O)/C(C#N)=C(/C)N)cc1. The summed E-state index contributed by atoms with van der Waals surface area (Å²) in [6, 6.07) is 17.1. The highest BCUT2D eigenvalue weighted by Gasteiger charge is 2.35. The maximum absolute atomic E-state index is 13.6. The van der Waals surface area contributed by atoms with E-state index in [4.69, 9.17) is 20.2 Å². The van der Waals surface area contributed by atoms with Crippen LogP contribution in [0.3, 0.4) is 0 Å². The molecule has 1 atom stereocenters. The second-order valence-electron chi connectivity index (χ2n) is 10.9. The highest BCUT2D eigenvalue weighted by Crippen LogP contribution is 2.45. The molecule has 0 radical (unpaired) electrons. The summed E-state index contributed by atoms with van der Waals surface area (Å²) in [5.74, 6) is -0.246. The van der Waals surface area contributed by atoms with E-state index in [1.807, 2.05) is 48.5 Å². The Kier molecular flexibility index (Phi) is 7.87. The van der Waals surface area contributed by atoms with Gasteiger partial charge in [-0.3, -0.25) is 4.79 Å². The Bertz CT molecular complexity index is 1530. The molecular formula is C32H33N3O4. The van der Waals surface area contributed by atoms with E-state index in [1.54, 1.807) is 13.2 Å². The molecule has 0 aliphatic heterocycles. The van der Waals surface area contributed by atoms with Crippen molar-refractivity contribution in [2.75, 3.05) is 13.7 Å². The third-order valence-electron chi connectivity index (χ3n) is 7.22. The molecule has 0 fully saturated rings. The van der Waals surface area contributed by atoms with Gasteiger partial charge in [0.2, 0.25) is 5.78 Å². The number of esters is 1. The highest BCUT2D eigenvalue weighted by atomic mass is 16.5. The van der Waals surface area contributed by atoms with Crippen molar-refractivity contribution in [1.29, 1.82) is 5.26 Å². The number of para-hydroxylation sites is 1. The third-order valence-corrected chi connectivity index (χ3v) is 7.22. The van der Waals surface area contributed by atoms with Crippen LogP contribution in [-0.2, 0) is 16.0 Å². The molecule has 1 aliphatic rings. The molecule has 2 N–H and O–H groups in total. The second kappa shape index (κ2) is 11.1. The van der Waals surface area contributed by atoms with Crippen molar-refractivity contribution < 1.29 is 19.1 Å². The van der Waals surface area contributed by atoms with E-state index in [0.717, 1.165) is 34.6 Å². The molecule has 0 spiro atoms. The normalized spacial score (nSPS) is 16.7. The number of benzene rings is 2. The molecule has 4 rings (SSSR count). The predicted octanol–water partition coefficient (Wildman–Crippen LogP) is 5.87. The molecule has 7 heteroatoms. The average molecular weight is 524 g/mol. The Morgan fingerprint density at radius 1 is 1.13 bits per heavy atom. The number of pyridine rings is 1. The molecule has 7 nitrogen and oxygen atoms in total. The number of methoxy groups -OCH3 is 1. The van der Waals surface area contributed by atoms with Gasteiger partial charge >= 0.3 is 5.97 Å². The molecule has 0 saturated carbocycles. The van der Waals surface area contributed by atoms with Crippen LogP contribution in [0, 0.1) is 22.7 Å². The molecule has 0 saturated heterocycles. The van der Waals surface area contributed by atoms with Gasteiger partial charge in [-0.2, -0.15) is 5.26 Å². The lowest BCUT2D eigenvalue weighted by Gasteiger charge is -2.36. The van der Waals surface area contributed by atoms with E-state index in [9.17, 15) is 14.9 Å². The number of hydrogen-bond donors (Lipinski definition) is 1. The first-order chi connectivity index (χ1) is 18.5. The number of aromatic nitrogens is 1. The second-order valence-corrected chi connectivity index (χ2v) is 10.9. The number of nitrogens with two attached hydrogens (primary N) is 1. The van der Waals surface area contributed by atoms with Gasteiger partial charge in [-0.1, -0.05) is 51.1 Å². The molecule has 3 aromatic rings. The fraction of sp³-hybridized carbons (Fsp3) is 0.312. The minimum Gasteiger partial charge on any atom is -0.497 e. The average Bonchev–Trinajstić information content (AvgIpc) is 2.90. The summed E-state index contributed by atoms with van der Waals surface area (Å²) in [4.78, 5) is 31.2. The summed E-state index contributed by atoms with van der Waals surface area (Å²) >= 11 is 0. The number of rotatable bonds is 6. The monoisotopic (exact) mass is 523 g/mol. The van der Waals surface area contributed by atoms with Gasteiger partial charge in [-0.05, 0) is 72.1 Å². The van der Waals surface area contributed by atoms with Crippen molar-refractivity contribution in [1.82, 2.24) is 4.98 Å². The lowest BCUT2D eigenvalue weighted by atomic mass is 9.69. The van der Waals surface area contributed by atoms with Gasteiger partial charge < -0.3 is 15.2 Å². The van der Waals surface area contributed by atoms with Crippen LogP contribution in [0.4, 0.5) is 0 Å². The van der Waals surface area contributed by atoms with Gasteiger partial charge in [0.25, 0.3) is 0 Å². The van der Waals surface area contributed by atoms with Crippen LogP contribution in [0.1, 0.15) is 61.3 Å². The molecule has 0 bridgehead atoms. The van der Waals surface area contributed by atoms with Crippen molar-refractivity contribution in [2.45, 2.75) is 40.5 Å². The zero-order valence-electron chi connectivity index (χ0n) is 23.0. The van der Waals surface area contributed by atoms with Crippen molar-refractivity contribution in [2.24, 2.45) is 17.1 Å². The molecule has 1 aliphatic carbocycles. The van der Waals surface area contributed by atoms with Crippen LogP contribution < -0.4 is 10.5 Å². The quantitative estimate of drug-likeness (QED) is 0.244. The van der Waals surface area contributed by atoms with Gasteiger partial charge in [-0.15, -0.1) is 0 Å². The number of nitrogens with zero attached hydrogens (tertiary/aromatic N) is 2. The van der Waals surface area contributed by atoms with Crippen LogP contribution in [-0.4, -0.2) is 30.5 Å². The van der Waals surface area contributed by atoms with E-state index in [0.29, 0.717) is 22.9 Å². The molecule has 1 heterocycles. The standard InChI is InChI=1S/C32H33N3O4/c1-19(34)26(17-33)28(36)18-39-31(37)29-24-8-6-7-9-27(24)35-30-21(14-20-10-12-23(38-5)13-11-20)15-22(16-25(29)30)32(2,3)4/h6-14,22H,15-16,18,34H2,1-5H3/b21-14-,26-19-/t22-/m0/s1. The zero-order chi connectivity index (χ0) is 28.3. The van der Waals surface area contributed by atoms with E-state index in [1.165, 1.54) is 6.92 Å². The number of carbonyl (C=O) groups excluding carboxylic acids is 2. The molecule has 0 amide bonds. The smallest absolute Gasteiger partial charge is 0.339 e. The highest BCUT2D eigenvalue weighted by molar-refractivity contribution is 6.08. The summed E-state index contributed by atoms with van der Waals surface area (Å²) in [5, 5.41) is 9.93. The van der Waals surface area contributed by atoms with Crippen molar-refractivity contribution in [3.05, 3.63) is 82.2 Å². The number of ether oxygens (including phenoxy) is 2. The maximum atomic E-state index is 13.6. The Labute approximate surface area is 228 Å². The minimum atomic E-state index is -0.634. The van der Waals surface area contributed by atoms with Gasteiger partial charge in [0.1, 0.15) is 17.4 Å². The van der Waals surface area contributed by atoms with E-state index in [-0.39, 0.29) is 22.6 Å². The zero-order valence-corrected chi connectivity index (χ0v) is 23.0. The van der Waals surface area contributed by atoms with Crippen LogP contribution in [0.5, 0.6) is 5.75 Å². The van der Waals surface area contributed by atoms with Gasteiger partial charge in [0, 0.05) is 11.1 Å². The fourth-order valence-corrected chi connectivity index (χ4v) is 4.92. The summed E-state index contributed by atoms with van der Waals surface area (Å²) in [7, 11) is 1.64. The van der Waals surface area contributed by atoms with Crippen molar-refractivity contribution >= 4 is 34.3 Å². The number of fused-ring (bicyclic) bond motifs is 2. The Hall–Kier alpha value is -4.44. The lowest BCUT2D eigenvalue weighted by Crippen LogP contribution is -2.29. The first kappa shape index (κ1) is 27.6. The molecule has 39 heavy (non-hydrogen) atoms. The molecule has 200 valence electrons. The number of hydrogen-bond acceptors (Lipinski definition) is 7. The topological polar surface area (TPSA) is 115 Å². The van der Waals surface area contributed by atoms with E-state index < -0.39 is 18.4 Å². The van der Waals surface area contributed by atoms with Crippen LogP contribution in [0.2, 0.25) is 0 Å². The molecule has 0 unspecified atom stereocenters. The fourth-order valence-electron chi connectivity index (χ4n) is 4.92. The summed E-state index contributed by atoms with van der Waals surface area (Å²) in [6.45, 7) is 7.49. The Balaban J connectivity index is 1.85. The Morgan fingerprint density at radius 2 is 1.82 bits per heavy atom. The van der Waals surface area contributed by atoms with Crippen LogP contribution >= 0.6 is 0 Å². The third kappa shape index (κ3) is 5.85. The maximum Gasteiger partial charge on any atom is 0.339 e. The van der Waals surface area contributed by atoms with Gasteiger partial charge in [0.05, 0.1) is 23.9 Å². The summed E-state index contributed by atoms with van der Waals surface area (Å²) in [6.07, 6.45) is 3.55. The largest absolute Gasteiger partial charge is 0.497 e. The number of allylic oxidation sites excluding steroid dienone is 2. The van der Waals surface area contributed by atoms with Crippen LogP contribution in [0.15, 0.2) is 59.8 Å². The van der Waals surface area contributed by atoms with Gasteiger partial charge in [-0.25, -0.2) is 9.78 Å². The van der Waals surface area contributed by atoms with Crippen LogP contribution in [0.25, 0.3) is 22.6 Å². The number of nitriles is 1. The van der Waals surface area contributed by atoms with E-state index in [2.05, 4.69) is 26.8 Å². The first-order valence-corrected chi connectivity index (χ1v) is 12.9. The van der Waals surface area contributed by atoms with E-state index >= 15 is 0 Å². The summed E-state index contributed by atoms with van der Waals surface area (Å²) < 4.78 is 10.8. The number of carbonyl (C=O) groups is 2. The summed E-state index contributed by atoms with van der Waals surface area (Å²) in [5.41, 5.74) is 10.2. The minimum absolute atomic E-state index is 0.0371. The molecular weight excluding hydrogens is 490 g/mol. The van der Waals surface area contributed by atoms with Crippen molar-refractivity contribution in [3.8, 4) is 11.8 Å². The molecule has 2 aromatic carbocycles. The van der Waals surface area contributed by atoms with Gasteiger partial charge in [0.15, 0.2) is 6.61 Å². The Morgan fingerprint density at radius 3 is 2.44 bits per heavy atom. The number of Topliss-reactive ketones (excluding diaryl/α,β-unsaturated/α-hetero) is 1. The predicted molar refractivity (Wildman–Crippen MR) is 152 cm³/mol. The lowest BCUT2D eigenvalue weighted by molar-refractivity contribution is -0.118. The van der Waals surface area contributed by atoms with Crippen molar-refractivity contribution in [3.63, 3.8) is 0 Å². The first-order valence-electron chi connectivity index (χ1n) is 12.9.